The minimum atomic E-state index is 0.00700. The second-order valence-corrected chi connectivity index (χ2v) is 5.16. The summed E-state index contributed by atoms with van der Waals surface area (Å²) in [5, 5.41) is 3.66. The van der Waals surface area contributed by atoms with Crippen LogP contribution in [0.2, 0.25) is 0 Å². The molecule has 1 fully saturated rings. The topological polar surface area (TPSA) is 38.3 Å². The fraction of sp³-hybridized carbons (Fsp3) is 0.929. The molecule has 0 radical (unpaired) electrons. The van der Waals surface area contributed by atoms with E-state index in [1.165, 1.54) is 12.8 Å². The molecule has 1 unspecified atom stereocenters. The van der Waals surface area contributed by atoms with E-state index in [1.54, 1.807) is 0 Å². The molecule has 0 amide bonds. The van der Waals surface area contributed by atoms with Gasteiger partial charge in [0.25, 0.3) is 0 Å². The Hall–Kier alpha value is -0.570. The molecule has 1 atom stereocenters. The van der Waals surface area contributed by atoms with Crippen LogP contribution in [0.25, 0.3) is 0 Å². The molecule has 100 valence electrons. The van der Waals surface area contributed by atoms with Crippen LogP contribution in [0.15, 0.2) is 0 Å². The quantitative estimate of drug-likeness (QED) is 0.727. The molecule has 0 aliphatic heterocycles. The highest BCUT2D eigenvalue weighted by Crippen LogP contribution is 2.25. The number of hydrogen-bond donors (Lipinski definition) is 1. The van der Waals surface area contributed by atoms with Gasteiger partial charge in [-0.2, -0.15) is 0 Å². The van der Waals surface area contributed by atoms with Crippen molar-refractivity contribution < 1.29 is 9.53 Å². The van der Waals surface area contributed by atoms with Gasteiger partial charge in [0.1, 0.15) is 0 Å². The maximum Gasteiger partial charge on any atom is 0.308 e. The van der Waals surface area contributed by atoms with Gasteiger partial charge < -0.3 is 10.1 Å². The van der Waals surface area contributed by atoms with E-state index in [0.717, 1.165) is 25.7 Å². The van der Waals surface area contributed by atoms with Gasteiger partial charge in [0.15, 0.2) is 0 Å². The van der Waals surface area contributed by atoms with Gasteiger partial charge in [-0.1, -0.05) is 13.3 Å². The number of esters is 1. The van der Waals surface area contributed by atoms with Crippen LogP contribution >= 0.6 is 0 Å². The van der Waals surface area contributed by atoms with Gasteiger partial charge in [-0.05, 0) is 46.0 Å². The molecule has 1 N–H and O–H groups in total. The minimum Gasteiger partial charge on any atom is -0.466 e. The molecule has 0 aromatic heterocycles. The Morgan fingerprint density at radius 2 is 1.94 bits per heavy atom. The normalized spacial score (nSPS) is 26.5. The van der Waals surface area contributed by atoms with Crippen LogP contribution in [0.5, 0.6) is 0 Å². The SMILES string of the molecule is CCCC(C)NC1CCC(C(=O)OCC)CC1. The van der Waals surface area contributed by atoms with Crippen molar-refractivity contribution in [2.75, 3.05) is 6.61 Å². The largest absolute Gasteiger partial charge is 0.466 e. The summed E-state index contributed by atoms with van der Waals surface area (Å²) in [7, 11) is 0. The fourth-order valence-corrected chi connectivity index (χ4v) is 2.67. The number of carbonyl (C=O) groups excluding carboxylic acids is 1. The van der Waals surface area contributed by atoms with Crippen molar-refractivity contribution >= 4 is 5.97 Å². The number of rotatable bonds is 6. The zero-order valence-electron chi connectivity index (χ0n) is 11.5. The van der Waals surface area contributed by atoms with Gasteiger partial charge in [0.05, 0.1) is 12.5 Å². The second-order valence-electron chi connectivity index (χ2n) is 5.16. The lowest BCUT2D eigenvalue weighted by atomic mass is 9.85. The van der Waals surface area contributed by atoms with Crippen molar-refractivity contribution in [2.24, 2.45) is 5.92 Å². The van der Waals surface area contributed by atoms with Gasteiger partial charge in [-0.3, -0.25) is 4.79 Å². The number of ether oxygens (including phenoxy) is 1. The third kappa shape index (κ3) is 5.07. The summed E-state index contributed by atoms with van der Waals surface area (Å²) in [5.41, 5.74) is 0. The van der Waals surface area contributed by atoms with Crippen molar-refractivity contribution in [3.8, 4) is 0 Å². The lowest BCUT2D eigenvalue weighted by Gasteiger charge is -2.30. The number of carbonyl (C=O) groups is 1. The molecule has 1 rings (SSSR count). The molecule has 1 aliphatic carbocycles. The van der Waals surface area contributed by atoms with Crippen LogP contribution in [-0.4, -0.2) is 24.7 Å². The summed E-state index contributed by atoms with van der Waals surface area (Å²) in [6.45, 7) is 6.85. The van der Waals surface area contributed by atoms with Crippen molar-refractivity contribution in [3.63, 3.8) is 0 Å². The van der Waals surface area contributed by atoms with Crippen LogP contribution in [0.3, 0.4) is 0 Å². The van der Waals surface area contributed by atoms with E-state index >= 15 is 0 Å². The highest BCUT2D eigenvalue weighted by atomic mass is 16.5. The van der Waals surface area contributed by atoms with Gasteiger partial charge in [-0.15, -0.1) is 0 Å². The smallest absolute Gasteiger partial charge is 0.308 e. The first-order valence-electron chi connectivity index (χ1n) is 7.10. The Morgan fingerprint density at radius 1 is 1.29 bits per heavy atom. The predicted molar refractivity (Wildman–Crippen MR) is 69.9 cm³/mol. The number of nitrogens with one attached hydrogen (secondary N) is 1. The van der Waals surface area contributed by atoms with Crippen molar-refractivity contribution in [2.45, 2.75) is 71.4 Å². The maximum atomic E-state index is 11.6. The van der Waals surface area contributed by atoms with E-state index in [9.17, 15) is 4.79 Å². The Morgan fingerprint density at radius 3 is 2.47 bits per heavy atom. The maximum absolute atomic E-state index is 11.6. The lowest BCUT2D eigenvalue weighted by molar-refractivity contribution is -0.149. The zero-order valence-corrected chi connectivity index (χ0v) is 11.5. The van der Waals surface area contributed by atoms with Crippen LogP contribution in [0, 0.1) is 5.92 Å². The summed E-state index contributed by atoms with van der Waals surface area (Å²) in [6.07, 6.45) is 6.64. The van der Waals surface area contributed by atoms with Crippen molar-refractivity contribution in [1.29, 1.82) is 0 Å². The molecular weight excluding hydrogens is 214 g/mol. The van der Waals surface area contributed by atoms with E-state index < -0.39 is 0 Å². The second kappa shape index (κ2) is 7.70. The molecule has 0 bridgehead atoms. The van der Waals surface area contributed by atoms with E-state index in [4.69, 9.17) is 4.74 Å². The average Bonchev–Trinajstić information content (AvgIpc) is 2.30. The fourth-order valence-electron chi connectivity index (χ4n) is 2.67. The van der Waals surface area contributed by atoms with E-state index in [0.29, 0.717) is 18.7 Å². The van der Waals surface area contributed by atoms with Gasteiger partial charge in [0.2, 0.25) is 0 Å². The Kier molecular flexibility index (Phi) is 6.56. The van der Waals surface area contributed by atoms with Crippen LogP contribution < -0.4 is 5.32 Å². The molecule has 1 aliphatic rings. The van der Waals surface area contributed by atoms with Crippen molar-refractivity contribution in [1.82, 2.24) is 5.32 Å². The van der Waals surface area contributed by atoms with Gasteiger partial charge >= 0.3 is 5.97 Å². The molecule has 3 heteroatoms. The van der Waals surface area contributed by atoms with Crippen LogP contribution in [0.4, 0.5) is 0 Å². The molecular formula is C14H27NO2. The third-order valence-corrected chi connectivity index (χ3v) is 3.59. The molecule has 3 nitrogen and oxygen atoms in total. The summed E-state index contributed by atoms with van der Waals surface area (Å²) in [4.78, 5) is 11.6. The van der Waals surface area contributed by atoms with E-state index in [1.807, 2.05) is 6.92 Å². The Labute approximate surface area is 105 Å². The third-order valence-electron chi connectivity index (χ3n) is 3.59. The summed E-state index contributed by atoms with van der Waals surface area (Å²) >= 11 is 0. The highest BCUT2D eigenvalue weighted by molar-refractivity contribution is 5.72. The first kappa shape index (κ1) is 14.5. The first-order valence-corrected chi connectivity index (χ1v) is 7.10. The Balaban J connectivity index is 2.23. The Bertz CT molecular complexity index is 222. The molecule has 17 heavy (non-hydrogen) atoms. The van der Waals surface area contributed by atoms with E-state index in [2.05, 4.69) is 19.2 Å². The summed E-state index contributed by atoms with van der Waals surface area (Å²) < 4.78 is 5.08. The molecule has 0 saturated heterocycles. The monoisotopic (exact) mass is 241 g/mol. The minimum absolute atomic E-state index is 0.00700. The summed E-state index contributed by atoms with van der Waals surface area (Å²) in [5.74, 6) is 0.155. The first-order chi connectivity index (χ1) is 8.17. The molecule has 0 heterocycles. The molecule has 0 spiro atoms. The summed E-state index contributed by atoms with van der Waals surface area (Å²) in [6, 6.07) is 1.20. The zero-order chi connectivity index (χ0) is 12.7. The van der Waals surface area contributed by atoms with Gasteiger partial charge in [-0.25, -0.2) is 0 Å². The number of hydrogen-bond acceptors (Lipinski definition) is 3. The van der Waals surface area contributed by atoms with Crippen molar-refractivity contribution in [3.05, 3.63) is 0 Å². The standard InChI is InChI=1S/C14H27NO2/c1-4-6-11(3)15-13-9-7-12(8-10-13)14(16)17-5-2/h11-13,15H,4-10H2,1-3H3. The molecule has 0 aromatic rings. The van der Waals surface area contributed by atoms with Crippen LogP contribution in [0.1, 0.15) is 59.3 Å². The lowest BCUT2D eigenvalue weighted by Crippen LogP contribution is -2.40. The predicted octanol–water partition coefficient (Wildman–Crippen LogP) is 2.89. The van der Waals surface area contributed by atoms with Crippen LogP contribution in [-0.2, 0) is 9.53 Å². The average molecular weight is 241 g/mol. The van der Waals surface area contributed by atoms with Gasteiger partial charge in [0, 0.05) is 12.1 Å². The van der Waals surface area contributed by atoms with E-state index in [-0.39, 0.29) is 11.9 Å². The highest BCUT2D eigenvalue weighted by Gasteiger charge is 2.27. The molecule has 0 aromatic carbocycles. The molecule has 1 saturated carbocycles.